The zero-order valence-corrected chi connectivity index (χ0v) is 10.2. The van der Waals surface area contributed by atoms with Crippen LogP contribution in [-0.2, 0) is 0 Å². The van der Waals surface area contributed by atoms with Gasteiger partial charge in [-0.15, -0.1) is 0 Å². The van der Waals surface area contributed by atoms with Gasteiger partial charge in [-0.2, -0.15) is 0 Å². The van der Waals surface area contributed by atoms with Crippen LogP contribution in [0.25, 0.3) is 22.0 Å². The Bertz CT molecular complexity index is 712. The molecule has 88 valence electrons. The molecule has 0 unspecified atom stereocenters. The van der Waals surface area contributed by atoms with Crippen molar-refractivity contribution in [3.63, 3.8) is 0 Å². The molecule has 3 rings (SSSR count). The minimum atomic E-state index is 0.769. The van der Waals surface area contributed by atoms with Gasteiger partial charge in [0, 0.05) is 22.8 Å². The van der Waals surface area contributed by atoms with Crippen molar-refractivity contribution in [2.24, 2.45) is 0 Å². The van der Waals surface area contributed by atoms with Crippen LogP contribution in [0, 0.1) is 6.92 Å². The quantitative estimate of drug-likeness (QED) is 0.650. The molecule has 0 atom stereocenters. The third kappa shape index (κ3) is 1.72. The lowest BCUT2D eigenvalue weighted by molar-refractivity contribution is 1.33. The second kappa shape index (κ2) is 4.15. The first-order chi connectivity index (χ1) is 8.75. The summed E-state index contributed by atoms with van der Waals surface area (Å²) in [6.45, 7) is 2.08. The smallest absolute Gasteiger partial charge is 0.0783 e. The Morgan fingerprint density at radius 2 is 1.83 bits per heavy atom. The maximum Gasteiger partial charge on any atom is 0.0783 e. The van der Waals surface area contributed by atoms with E-state index in [0.29, 0.717) is 0 Å². The van der Waals surface area contributed by atoms with Gasteiger partial charge < -0.3 is 5.73 Å². The lowest BCUT2D eigenvalue weighted by atomic mass is 10.00. The van der Waals surface area contributed by atoms with Crippen LogP contribution in [0.3, 0.4) is 0 Å². The average molecular weight is 234 g/mol. The van der Waals surface area contributed by atoms with E-state index in [0.717, 1.165) is 22.3 Å². The lowest BCUT2D eigenvalue weighted by Gasteiger charge is -2.09. The summed E-state index contributed by atoms with van der Waals surface area (Å²) in [4.78, 5) is 4.52. The maximum absolute atomic E-state index is 5.88. The Morgan fingerprint density at radius 3 is 2.72 bits per heavy atom. The Hall–Kier alpha value is -2.35. The van der Waals surface area contributed by atoms with Crippen LogP contribution < -0.4 is 5.73 Å². The van der Waals surface area contributed by atoms with Crippen molar-refractivity contribution >= 4 is 16.5 Å². The van der Waals surface area contributed by atoms with E-state index in [2.05, 4.69) is 24.0 Å². The van der Waals surface area contributed by atoms with E-state index in [1.54, 1.807) is 0 Å². The molecule has 0 aliphatic rings. The second-order valence-corrected chi connectivity index (χ2v) is 4.46. The van der Waals surface area contributed by atoms with Gasteiger partial charge in [-0.05, 0) is 36.1 Å². The normalized spacial score (nSPS) is 10.7. The van der Waals surface area contributed by atoms with Crippen LogP contribution in [0.2, 0.25) is 0 Å². The van der Waals surface area contributed by atoms with Crippen molar-refractivity contribution in [2.45, 2.75) is 6.92 Å². The number of aryl methyl sites for hydroxylation is 1. The summed E-state index contributed by atoms with van der Waals surface area (Å²) >= 11 is 0. The second-order valence-electron chi connectivity index (χ2n) is 4.46. The van der Waals surface area contributed by atoms with E-state index in [9.17, 15) is 0 Å². The standard InChI is InChI=1S/C16H14N2/c1-11-6-7-13(17)10-15(11)16-14-5-3-2-4-12(14)8-9-18-16/h2-10H,17H2,1H3. The van der Waals surface area contributed by atoms with Gasteiger partial charge >= 0.3 is 0 Å². The molecular formula is C16H14N2. The Morgan fingerprint density at radius 1 is 1.00 bits per heavy atom. The van der Waals surface area contributed by atoms with E-state index >= 15 is 0 Å². The largest absolute Gasteiger partial charge is 0.399 e. The number of hydrogen-bond donors (Lipinski definition) is 1. The molecule has 2 nitrogen and oxygen atoms in total. The molecule has 1 aromatic heterocycles. The fraction of sp³-hybridized carbons (Fsp3) is 0.0625. The predicted octanol–water partition coefficient (Wildman–Crippen LogP) is 3.79. The molecule has 0 saturated carbocycles. The minimum Gasteiger partial charge on any atom is -0.399 e. The highest BCUT2D eigenvalue weighted by molar-refractivity contribution is 5.95. The number of benzene rings is 2. The summed E-state index contributed by atoms with van der Waals surface area (Å²) in [5, 5.41) is 2.36. The molecule has 0 aliphatic carbocycles. The van der Waals surface area contributed by atoms with E-state index in [4.69, 9.17) is 5.73 Å². The van der Waals surface area contributed by atoms with E-state index < -0.39 is 0 Å². The summed E-state index contributed by atoms with van der Waals surface area (Å²) in [5.74, 6) is 0. The third-order valence-electron chi connectivity index (χ3n) is 3.19. The number of anilines is 1. The van der Waals surface area contributed by atoms with Gasteiger partial charge in [0.15, 0.2) is 0 Å². The number of rotatable bonds is 1. The first-order valence-corrected chi connectivity index (χ1v) is 5.96. The summed E-state index contributed by atoms with van der Waals surface area (Å²) in [5.41, 5.74) is 9.94. The number of fused-ring (bicyclic) bond motifs is 1. The predicted molar refractivity (Wildman–Crippen MR) is 76.3 cm³/mol. The van der Waals surface area contributed by atoms with Gasteiger partial charge in [0.1, 0.15) is 0 Å². The molecule has 0 saturated heterocycles. The summed E-state index contributed by atoms with van der Waals surface area (Å²) in [7, 11) is 0. The number of nitrogen functional groups attached to an aromatic ring is 1. The van der Waals surface area contributed by atoms with Crippen LogP contribution in [0.1, 0.15) is 5.56 Å². The van der Waals surface area contributed by atoms with Crippen molar-refractivity contribution in [1.82, 2.24) is 4.98 Å². The molecule has 2 N–H and O–H groups in total. The van der Waals surface area contributed by atoms with Crippen molar-refractivity contribution in [3.05, 3.63) is 60.3 Å². The molecule has 2 aromatic carbocycles. The van der Waals surface area contributed by atoms with Crippen molar-refractivity contribution < 1.29 is 0 Å². The van der Waals surface area contributed by atoms with Gasteiger partial charge in [-0.25, -0.2) is 0 Å². The number of pyridine rings is 1. The first-order valence-electron chi connectivity index (χ1n) is 5.96. The van der Waals surface area contributed by atoms with Crippen molar-refractivity contribution in [3.8, 4) is 11.3 Å². The van der Waals surface area contributed by atoms with Crippen molar-refractivity contribution in [1.29, 1.82) is 0 Å². The van der Waals surface area contributed by atoms with Gasteiger partial charge in [-0.3, -0.25) is 4.98 Å². The molecule has 0 bridgehead atoms. The Kier molecular flexibility index (Phi) is 2.49. The number of nitrogens with two attached hydrogens (primary N) is 1. The highest BCUT2D eigenvalue weighted by Crippen LogP contribution is 2.29. The van der Waals surface area contributed by atoms with Crippen LogP contribution in [-0.4, -0.2) is 4.98 Å². The molecular weight excluding hydrogens is 220 g/mol. The monoisotopic (exact) mass is 234 g/mol. The number of aromatic nitrogens is 1. The topological polar surface area (TPSA) is 38.9 Å². The fourth-order valence-corrected chi connectivity index (χ4v) is 2.23. The fourth-order valence-electron chi connectivity index (χ4n) is 2.23. The van der Waals surface area contributed by atoms with Crippen LogP contribution in [0.5, 0.6) is 0 Å². The van der Waals surface area contributed by atoms with Crippen LogP contribution in [0.4, 0.5) is 5.69 Å². The molecule has 1 heterocycles. The Labute approximate surface area is 106 Å². The molecule has 3 aromatic rings. The third-order valence-corrected chi connectivity index (χ3v) is 3.19. The SMILES string of the molecule is Cc1ccc(N)cc1-c1nccc2ccccc12. The Balaban J connectivity index is 2.35. The summed E-state index contributed by atoms with van der Waals surface area (Å²) in [6.07, 6.45) is 1.85. The molecule has 0 amide bonds. The zero-order chi connectivity index (χ0) is 12.5. The van der Waals surface area contributed by atoms with E-state index in [-0.39, 0.29) is 0 Å². The van der Waals surface area contributed by atoms with E-state index in [1.807, 2.05) is 42.6 Å². The van der Waals surface area contributed by atoms with Gasteiger partial charge in [0.2, 0.25) is 0 Å². The van der Waals surface area contributed by atoms with Gasteiger partial charge in [0.25, 0.3) is 0 Å². The summed E-state index contributed by atoms with van der Waals surface area (Å²) in [6, 6.07) is 16.2. The lowest BCUT2D eigenvalue weighted by Crippen LogP contribution is -1.92. The zero-order valence-electron chi connectivity index (χ0n) is 10.2. The van der Waals surface area contributed by atoms with E-state index in [1.165, 1.54) is 10.9 Å². The highest BCUT2D eigenvalue weighted by Gasteiger charge is 2.07. The molecule has 0 aliphatic heterocycles. The maximum atomic E-state index is 5.88. The summed E-state index contributed by atoms with van der Waals surface area (Å²) < 4.78 is 0. The minimum absolute atomic E-state index is 0.769. The van der Waals surface area contributed by atoms with Gasteiger partial charge in [-0.1, -0.05) is 30.3 Å². The average Bonchev–Trinajstić information content (AvgIpc) is 2.41. The molecule has 0 spiro atoms. The van der Waals surface area contributed by atoms with Crippen LogP contribution in [0.15, 0.2) is 54.7 Å². The van der Waals surface area contributed by atoms with Gasteiger partial charge in [0.05, 0.1) is 5.69 Å². The molecule has 18 heavy (non-hydrogen) atoms. The number of nitrogens with zero attached hydrogens (tertiary/aromatic N) is 1. The van der Waals surface area contributed by atoms with Crippen molar-refractivity contribution in [2.75, 3.05) is 5.73 Å². The van der Waals surface area contributed by atoms with Crippen LogP contribution >= 0.6 is 0 Å². The highest BCUT2D eigenvalue weighted by atomic mass is 14.7. The first kappa shape index (κ1) is 10.8. The molecule has 0 fully saturated rings. The number of hydrogen-bond acceptors (Lipinski definition) is 2. The molecule has 0 radical (unpaired) electrons. The molecule has 2 heteroatoms.